The Bertz CT molecular complexity index is 768. The van der Waals surface area contributed by atoms with Gasteiger partial charge in [-0.3, -0.25) is 4.79 Å². The maximum Gasteiger partial charge on any atom is 0.387 e. The van der Waals surface area contributed by atoms with Crippen LogP contribution in [0.25, 0.3) is 0 Å². The Hall–Kier alpha value is -2.28. The second kappa shape index (κ2) is 9.43. The van der Waals surface area contributed by atoms with Crippen LogP contribution >= 0.6 is 11.8 Å². The number of hydrogen-bond acceptors (Lipinski definition) is 4. The van der Waals surface area contributed by atoms with Crippen molar-refractivity contribution in [3.8, 4) is 11.5 Å². The quantitative estimate of drug-likeness (QED) is 0.692. The number of amides is 1. The Balaban J connectivity index is 1.88. The number of carbonyl (C=O) groups is 1. The summed E-state index contributed by atoms with van der Waals surface area (Å²) in [6.07, 6.45) is 0. The zero-order chi connectivity index (χ0) is 19.1. The maximum atomic E-state index is 12.3. The van der Waals surface area contributed by atoms with E-state index >= 15 is 0 Å². The fourth-order valence-corrected chi connectivity index (χ4v) is 3.21. The van der Waals surface area contributed by atoms with Crippen LogP contribution in [0.15, 0.2) is 41.3 Å². The molecule has 0 unspecified atom stereocenters. The second-order valence-electron chi connectivity index (χ2n) is 5.70. The second-order valence-corrected chi connectivity index (χ2v) is 6.72. The number of nitrogens with one attached hydrogen (secondary N) is 1. The van der Waals surface area contributed by atoms with E-state index in [2.05, 4.69) is 16.1 Å². The van der Waals surface area contributed by atoms with E-state index in [-0.39, 0.29) is 24.0 Å². The van der Waals surface area contributed by atoms with Crippen LogP contribution in [-0.2, 0) is 11.3 Å². The molecule has 4 nitrogen and oxygen atoms in total. The van der Waals surface area contributed by atoms with Crippen molar-refractivity contribution in [1.29, 1.82) is 0 Å². The summed E-state index contributed by atoms with van der Waals surface area (Å²) in [7, 11) is 1.37. The molecule has 2 aromatic rings. The first-order chi connectivity index (χ1) is 12.4. The van der Waals surface area contributed by atoms with Crippen LogP contribution in [0.5, 0.6) is 11.5 Å². The molecule has 0 saturated heterocycles. The molecule has 1 N–H and O–H groups in total. The normalized spacial score (nSPS) is 10.7. The van der Waals surface area contributed by atoms with Gasteiger partial charge >= 0.3 is 6.61 Å². The average Bonchev–Trinajstić information content (AvgIpc) is 2.59. The molecule has 0 aliphatic rings. The number of methoxy groups -OCH3 is 1. The number of benzene rings is 2. The van der Waals surface area contributed by atoms with Gasteiger partial charge in [0, 0.05) is 11.4 Å². The molecule has 0 aliphatic carbocycles. The number of alkyl halides is 2. The molecule has 26 heavy (non-hydrogen) atoms. The van der Waals surface area contributed by atoms with Gasteiger partial charge in [-0.25, -0.2) is 0 Å². The van der Waals surface area contributed by atoms with Gasteiger partial charge in [-0.2, -0.15) is 8.78 Å². The van der Waals surface area contributed by atoms with E-state index in [9.17, 15) is 13.6 Å². The van der Waals surface area contributed by atoms with Crippen LogP contribution in [0.2, 0.25) is 0 Å². The third kappa shape index (κ3) is 5.91. The van der Waals surface area contributed by atoms with Gasteiger partial charge in [0.2, 0.25) is 5.91 Å². The predicted molar refractivity (Wildman–Crippen MR) is 98.1 cm³/mol. The minimum Gasteiger partial charge on any atom is -0.493 e. The number of carbonyl (C=O) groups excluding carboxylic acids is 1. The SMILES string of the molecule is COc1cc(CNC(=O)CSc2ccc(C)cc2C)ccc1OC(F)F. The van der Waals surface area contributed by atoms with Crippen molar-refractivity contribution in [2.75, 3.05) is 12.9 Å². The standard InChI is InChI=1S/C19H21F2NO3S/c1-12-4-7-17(13(2)8-12)26-11-18(23)22-10-14-5-6-15(25-19(20)21)16(9-14)24-3/h4-9,19H,10-11H2,1-3H3,(H,22,23). The number of aryl methyl sites for hydroxylation is 2. The van der Waals surface area contributed by atoms with E-state index in [0.29, 0.717) is 5.75 Å². The Morgan fingerprint density at radius 2 is 1.92 bits per heavy atom. The molecule has 0 bridgehead atoms. The fraction of sp³-hybridized carbons (Fsp3) is 0.316. The number of halogens is 2. The molecule has 0 aromatic heterocycles. The van der Waals surface area contributed by atoms with E-state index in [1.54, 1.807) is 12.1 Å². The van der Waals surface area contributed by atoms with Gasteiger partial charge in [-0.15, -0.1) is 11.8 Å². The molecule has 2 rings (SSSR count). The molecule has 0 heterocycles. The Kier molecular flexibility index (Phi) is 7.26. The summed E-state index contributed by atoms with van der Waals surface area (Å²) in [5.74, 6) is 0.347. The van der Waals surface area contributed by atoms with Crippen LogP contribution in [0, 0.1) is 13.8 Å². The van der Waals surface area contributed by atoms with Crippen molar-refractivity contribution in [2.45, 2.75) is 31.9 Å². The van der Waals surface area contributed by atoms with Gasteiger partial charge < -0.3 is 14.8 Å². The molecule has 0 atom stereocenters. The lowest BCUT2D eigenvalue weighted by atomic mass is 10.2. The largest absolute Gasteiger partial charge is 0.493 e. The van der Waals surface area contributed by atoms with E-state index in [0.717, 1.165) is 16.0 Å². The summed E-state index contributed by atoms with van der Waals surface area (Å²) in [5, 5.41) is 2.81. The third-order valence-corrected chi connectivity index (χ3v) is 4.80. The fourth-order valence-electron chi connectivity index (χ4n) is 2.37. The lowest BCUT2D eigenvalue weighted by Gasteiger charge is -2.12. The van der Waals surface area contributed by atoms with Crippen LogP contribution in [0.1, 0.15) is 16.7 Å². The molecule has 0 spiro atoms. The minimum absolute atomic E-state index is 0.0389. The first-order valence-corrected chi connectivity index (χ1v) is 8.96. The average molecular weight is 381 g/mol. The number of ether oxygens (including phenoxy) is 2. The summed E-state index contributed by atoms with van der Waals surface area (Å²) in [6, 6.07) is 10.7. The van der Waals surface area contributed by atoms with Crippen LogP contribution in [0.4, 0.5) is 8.78 Å². The van der Waals surface area contributed by atoms with E-state index in [1.807, 2.05) is 26.0 Å². The maximum absolute atomic E-state index is 12.3. The summed E-state index contributed by atoms with van der Waals surface area (Å²) in [5.41, 5.74) is 3.06. The van der Waals surface area contributed by atoms with Gasteiger partial charge in [0.15, 0.2) is 11.5 Å². The van der Waals surface area contributed by atoms with Crippen molar-refractivity contribution in [1.82, 2.24) is 5.32 Å². The van der Waals surface area contributed by atoms with Crippen LogP contribution < -0.4 is 14.8 Å². The smallest absolute Gasteiger partial charge is 0.387 e. The molecule has 0 fully saturated rings. The number of hydrogen-bond donors (Lipinski definition) is 1. The van der Waals surface area contributed by atoms with E-state index in [4.69, 9.17) is 4.74 Å². The Morgan fingerprint density at radius 1 is 1.15 bits per heavy atom. The summed E-state index contributed by atoms with van der Waals surface area (Å²) in [4.78, 5) is 13.1. The van der Waals surface area contributed by atoms with Gasteiger partial charge in [0.05, 0.1) is 12.9 Å². The van der Waals surface area contributed by atoms with Gasteiger partial charge in [0.25, 0.3) is 0 Å². The van der Waals surface area contributed by atoms with Crippen LogP contribution in [0.3, 0.4) is 0 Å². The molecule has 2 aromatic carbocycles. The van der Waals surface area contributed by atoms with Gasteiger partial charge in [-0.1, -0.05) is 23.8 Å². The Labute approximate surface area is 155 Å². The van der Waals surface area contributed by atoms with Crippen molar-refractivity contribution in [2.24, 2.45) is 0 Å². The van der Waals surface area contributed by atoms with Crippen molar-refractivity contribution < 1.29 is 23.0 Å². The molecule has 0 saturated carbocycles. The monoisotopic (exact) mass is 381 g/mol. The highest BCUT2D eigenvalue weighted by Gasteiger charge is 2.11. The molecule has 7 heteroatoms. The molecule has 140 valence electrons. The predicted octanol–water partition coefficient (Wildman–Crippen LogP) is 4.32. The first-order valence-electron chi connectivity index (χ1n) is 7.97. The van der Waals surface area contributed by atoms with Crippen molar-refractivity contribution in [3.63, 3.8) is 0 Å². The lowest BCUT2D eigenvalue weighted by molar-refractivity contribution is -0.118. The summed E-state index contributed by atoms with van der Waals surface area (Å²) in [6.45, 7) is 1.40. The van der Waals surface area contributed by atoms with E-state index in [1.165, 1.54) is 30.5 Å². The molecule has 0 radical (unpaired) electrons. The highest BCUT2D eigenvalue weighted by molar-refractivity contribution is 8.00. The number of thioether (sulfide) groups is 1. The third-order valence-electron chi connectivity index (χ3n) is 3.62. The van der Waals surface area contributed by atoms with Crippen LogP contribution in [-0.4, -0.2) is 25.4 Å². The molecule has 1 amide bonds. The zero-order valence-electron chi connectivity index (χ0n) is 14.8. The summed E-state index contributed by atoms with van der Waals surface area (Å²) >= 11 is 1.48. The van der Waals surface area contributed by atoms with E-state index < -0.39 is 6.61 Å². The minimum atomic E-state index is -2.92. The number of rotatable bonds is 8. The van der Waals surface area contributed by atoms with Crippen molar-refractivity contribution >= 4 is 17.7 Å². The summed E-state index contributed by atoms with van der Waals surface area (Å²) < 4.78 is 34.1. The highest BCUT2D eigenvalue weighted by atomic mass is 32.2. The molecular weight excluding hydrogens is 360 g/mol. The first kappa shape index (κ1) is 20.0. The lowest BCUT2D eigenvalue weighted by Crippen LogP contribution is -2.24. The Morgan fingerprint density at radius 3 is 2.58 bits per heavy atom. The van der Waals surface area contributed by atoms with Gasteiger partial charge in [0.1, 0.15) is 0 Å². The topological polar surface area (TPSA) is 47.6 Å². The molecular formula is C19H21F2NO3S. The van der Waals surface area contributed by atoms with Gasteiger partial charge in [-0.05, 0) is 43.2 Å². The zero-order valence-corrected chi connectivity index (χ0v) is 15.7. The van der Waals surface area contributed by atoms with Crippen molar-refractivity contribution in [3.05, 3.63) is 53.1 Å². The molecule has 0 aliphatic heterocycles. The highest BCUT2D eigenvalue weighted by Crippen LogP contribution is 2.29.